The van der Waals surface area contributed by atoms with E-state index in [1.807, 2.05) is 13.8 Å². The second-order valence-electron chi connectivity index (χ2n) is 7.40. The van der Waals surface area contributed by atoms with Crippen molar-refractivity contribution in [2.24, 2.45) is 11.8 Å². The minimum Gasteiger partial charge on any atom is -0.355 e. The minimum absolute atomic E-state index is 0.00973. The number of benzene rings is 2. The van der Waals surface area contributed by atoms with Crippen LogP contribution in [0, 0.1) is 18.8 Å². The Bertz CT molecular complexity index is 986. The molecule has 0 aromatic heterocycles. The lowest BCUT2D eigenvalue weighted by Crippen LogP contribution is -2.29. The number of carbonyl (C=O) groups is 2. The molecule has 1 fully saturated rings. The summed E-state index contributed by atoms with van der Waals surface area (Å²) in [5.74, 6) is 0.317. The van der Waals surface area contributed by atoms with Crippen LogP contribution in [0.15, 0.2) is 53.4 Å². The van der Waals surface area contributed by atoms with Gasteiger partial charge in [0.25, 0.3) is 10.0 Å². The zero-order valence-corrected chi connectivity index (χ0v) is 17.3. The highest BCUT2D eigenvalue weighted by molar-refractivity contribution is 7.92. The van der Waals surface area contributed by atoms with Crippen molar-refractivity contribution < 1.29 is 18.0 Å². The predicted octanol–water partition coefficient (Wildman–Crippen LogP) is 2.90. The SMILES string of the molecule is Cc1ccc(S(=O)(=O)Nc2ccc(NC(=O)CCNC(=O)C3CC3C)cc2)cc1. The van der Waals surface area contributed by atoms with Crippen LogP contribution in [-0.4, -0.2) is 26.8 Å². The van der Waals surface area contributed by atoms with Crippen molar-refractivity contribution in [2.45, 2.75) is 31.6 Å². The first-order valence-electron chi connectivity index (χ1n) is 9.52. The molecule has 7 nitrogen and oxygen atoms in total. The summed E-state index contributed by atoms with van der Waals surface area (Å²) in [6.07, 6.45) is 1.09. The summed E-state index contributed by atoms with van der Waals surface area (Å²) in [6.45, 7) is 4.21. The van der Waals surface area contributed by atoms with E-state index in [1.165, 1.54) is 0 Å². The first-order chi connectivity index (χ1) is 13.7. The predicted molar refractivity (Wildman–Crippen MR) is 112 cm³/mol. The zero-order chi connectivity index (χ0) is 21.0. The average Bonchev–Trinajstić information content (AvgIpc) is 3.40. The van der Waals surface area contributed by atoms with Gasteiger partial charge >= 0.3 is 0 Å². The molecule has 2 atom stereocenters. The van der Waals surface area contributed by atoms with E-state index in [-0.39, 0.29) is 29.0 Å². The van der Waals surface area contributed by atoms with Gasteiger partial charge in [0.1, 0.15) is 0 Å². The number of amides is 2. The number of sulfonamides is 1. The molecular weight excluding hydrogens is 390 g/mol. The second kappa shape index (κ2) is 8.65. The molecule has 1 saturated carbocycles. The minimum atomic E-state index is -3.67. The topological polar surface area (TPSA) is 104 Å². The number of carbonyl (C=O) groups excluding carboxylic acids is 2. The highest BCUT2D eigenvalue weighted by atomic mass is 32.2. The third kappa shape index (κ3) is 5.80. The highest BCUT2D eigenvalue weighted by Crippen LogP contribution is 2.37. The third-order valence-electron chi connectivity index (χ3n) is 4.85. The van der Waals surface area contributed by atoms with E-state index in [0.29, 0.717) is 23.8 Å². The Morgan fingerprint density at radius 3 is 2.17 bits per heavy atom. The number of hydrogen-bond donors (Lipinski definition) is 3. The number of nitrogens with one attached hydrogen (secondary N) is 3. The molecule has 0 saturated heterocycles. The molecular formula is C21H25N3O4S. The van der Waals surface area contributed by atoms with Crippen LogP contribution in [-0.2, 0) is 19.6 Å². The zero-order valence-electron chi connectivity index (χ0n) is 16.4. The van der Waals surface area contributed by atoms with Gasteiger partial charge < -0.3 is 10.6 Å². The van der Waals surface area contributed by atoms with Gasteiger partial charge in [-0.25, -0.2) is 8.42 Å². The number of aryl methyl sites for hydroxylation is 1. The quantitative estimate of drug-likeness (QED) is 0.617. The molecule has 1 aliphatic carbocycles. The van der Waals surface area contributed by atoms with E-state index in [2.05, 4.69) is 15.4 Å². The molecule has 8 heteroatoms. The first kappa shape index (κ1) is 20.9. The Kier molecular flexibility index (Phi) is 6.22. The molecule has 2 unspecified atom stereocenters. The number of anilines is 2. The second-order valence-corrected chi connectivity index (χ2v) is 9.09. The molecule has 154 valence electrons. The Balaban J connectivity index is 1.48. The maximum absolute atomic E-state index is 12.4. The van der Waals surface area contributed by atoms with Crippen molar-refractivity contribution in [2.75, 3.05) is 16.6 Å². The Morgan fingerprint density at radius 1 is 1.00 bits per heavy atom. The molecule has 2 aromatic rings. The van der Waals surface area contributed by atoms with Gasteiger partial charge in [0, 0.05) is 30.3 Å². The molecule has 2 amide bonds. The number of hydrogen-bond acceptors (Lipinski definition) is 4. The maximum Gasteiger partial charge on any atom is 0.261 e. The van der Waals surface area contributed by atoms with Crippen LogP contribution in [0.3, 0.4) is 0 Å². The largest absolute Gasteiger partial charge is 0.355 e. The fourth-order valence-electron chi connectivity index (χ4n) is 2.89. The molecule has 3 rings (SSSR count). The van der Waals surface area contributed by atoms with Crippen molar-refractivity contribution in [1.29, 1.82) is 0 Å². The van der Waals surface area contributed by atoms with E-state index in [1.54, 1.807) is 48.5 Å². The van der Waals surface area contributed by atoms with Gasteiger partial charge in [0.05, 0.1) is 4.90 Å². The van der Waals surface area contributed by atoms with Crippen LogP contribution in [0.5, 0.6) is 0 Å². The molecule has 1 aliphatic rings. The van der Waals surface area contributed by atoms with Crippen LogP contribution in [0.1, 0.15) is 25.3 Å². The van der Waals surface area contributed by atoms with Crippen molar-refractivity contribution >= 4 is 33.2 Å². The smallest absolute Gasteiger partial charge is 0.261 e. The van der Waals surface area contributed by atoms with E-state index < -0.39 is 10.0 Å². The van der Waals surface area contributed by atoms with E-state index in [0.717, 1.165) is 12.0 Å². The lowest BCUT2D eigenvalue weighted by atomic mass is 10.2. The van der Waals surface area contributed by atoms with Gasteiger partial charge in [-0.1, -0.05) is 24.6 Å². The average molecular weight is 416 g/mol. The summed E-state index contributed by atoms with van der Waals surface area (Å²) < 4.78 is 27.3. The molecule has 0 spiro atoms. The standard InChI is InChI=1S/C21H25N3O4S/c1-14-3-9-18(10-4-14)29(27,28)24-17-7-5-16(6-8-17)23-20(25)11-12-22-21(26)19-13-15(19)2/h3-10,15,19,24H,11-13H2,1-2H3,(H,22,26)(H,23,25). The Hall–Kier alpha value is -2.87. The van der Waals surface area contributed by atoms with Gasteiger partial charge in [-0.05, 0) is 55.7 Å². The fraction of sp³-hybridized carbons (Fsp3) is 0.333. The van der Waals surface area contributed by atoms with Gasteiger partial charge in [-0.3, -0.25) is 14.3 Å². The van der Waals surface area contributed by atoms with Gasteiger partial charge in [0.2, 0.25) is 11.8 Å². The first-order valence-corrected chi connectivity index (χ1v) is 11.0. The number of rotatable bonds is 8. The normalized spacial score (nSPS) is 18.0. The van der Waals surface area contributed by atoms with Crippen LogP contribution < -0.4 is 15.4 Å². The Labute approximate surface area is 171 Å². The summed E-state index contributed by atoms with van der Waals surface area (Å²) >= 11 is 0. The molecule has 29 heavy (non-hydrogen) atoms. The Morgan fingerprint density at radius 2 is 1.59 bits per heavy atom. The van der Waals surface area contributed by atoms with Gasteiger partial charge in [0.15, 0.2) is 0 Å². The molecule has 0 radical (unpaired) electrons. The molecule has 0 aliphatic heterocycles. The van der Waals surface area contributed by atoms with Crippen molar-refractivity contribution in [3.63, 3.8) is 0 Å². The van der Waals surface area contributed by atoms with Crippen LogP contribution >= 0.6 is 0 Å². The molecule has 0 heterocycles. The lowest BCUT2D eigenvalue weighted by Gasteiger charge is -2.10. The van der Waals surface area contributed by atoms with Gasteiger partial charge in [-0.2, -0.15) is 0 Å². The maximum atomic E-state index is 12.4. The van der Waals surface area contributed by atoms with E-state index in [4.69, 9.17) is 0 Å². The van der Waals surface area contributed by atoms with E-state index >= 15 is 0 Å². The summed E-state index contributed by atoms with van der Waals surface area (Å²) in [7, 11) is -3.67. The van der Waals surface area contributed by atoms with Crippen molar-refractivity contribution in [3.05, 3.63) is 54.1 Å². The molecule has 3 N–H and O–H groups in total. The highest BCUT2D eigenvalue weighted by Gasteiger charge is 2.38. The van der Waals surface area contributed by atoms with Gasteiger partial charge in [-0.15, -0.1) is 0 Å². The summed E-state index contributed by atoms with van der Waals surface area (Å²) in [5, 5.41) is 5.50. The third-order valence-corrected chi connectivity index (χ3v) is 6.25. The summed E-state index contributed by atoms with van der Waals surface area (Å²) in [4.78, 5) is 23.9. The fourth-order valence-corrected chi connectivity index (χ4v) is 3.95. The van der Waals surface area contributed by atoms with Crippen LogP contribution in [0.25, 0.3) is 0 Å². The van der Waals surface area contributed by atoms with Crippen molar-refractivity contribution in [3.8, 4) is 0 Å². The summed E-state index contributed by atoms with van der Waals surface area (Å²) in [6, 6.07) is 13.0. The van der Waals surface area contributed by atoms with Crippen LogP contribution in [0.2, 0.25) is 0 Å². The molecule has 2 aromatic carbocycles. The molecule has 0 bridgehead atoms. The van der Waals surface area contributed by atoms with Crippen molar-refractivity contribution in [1.82, 2.24) is 5.32 Å². The lowest BCUT2D eigenvalue weighted by molar-refractivity contribution is -0.122. The van der Waals surface area contributed by atoms with Crippen LogP contribution in [0.4, 0.5) is 11.4 Å². The summed E-state index contributed by atoms with van der Waals surface area (Å²) in [5.41, 5.74) is 1.93. The van der Waals surface area contributed by atoms with E-state index in [9.17, 15) is 18.0 Å². The monoisotopic (exact) mass is 415 g/mol.